The molecule has 2 aliphatic heterocycles. The molecule has 8 heteroatoms. The van der Waals surface area contributed by atoms with Crippen molar-refractivity contribution in [3.63, 3.8) is 0 Å². The number of benzene rings is 3. The molecule has 0 aromatic heterocycles. The van der Waals surface area contributed by atoms with Crippen LogP contribution in [0.1, 0.15) is 40.8 Å². The maximum absolute atomic E-state index is 14.1. The smallest absolute Gasteiger partial charge is 0.236 e. The van der Waals surface area contributed by atoms with Gasteiger partial charge in [0.2, 0.25) is 5.91 Å². The molecule has 2 aliphatic rings. The van der Waals surface area contributed by atoms with Gasteiger partial charge in [-0.3, -0.25) is 4.79 Å². The Morgan fingerprint density at radius 3 is 2.46 bits per heavy atom. The topological polar surface area (TPSA) is 72.1 Å². The zero-order chi connectivity index (χ0) is 27.9. The second-order valence-corrected chi connectivity index (χ2v) is 10.9. The Hall–Kier alpha value is -3.78. The zero-order valence-electron chi connectivity index (χ0n) is 23.3. The zero-order valence-corrected chi connectivity index (χ0v) is 24.1. The standard InChI is InChI=1S/C31H35N3O4S/c1-18-7-10-23(20(3)15-18)32-29(35)27-28-22-16-19(2)8-11-24(22)38-31(27,4)34(30(39)33-28)14-13-21-9-12-25(36-5)26(17-21)37-6/h7-12,15-17,27-28H,13-14H2,1-6H3,(H,32,35)(H,33,39)/t27-,28+,31+/m1/s1. The summed E-state index contributed by atoms with van der Waals surface area (Å²) in [6, 6.07) is 17.7. The molecular formula is C31H35N3O4S. The fourth-order valence-corrected chi connectivity index (χ4v) is 6.13. The molecule has 3 aromatic carbocycles. The summed E-state index contributed by atoms with van der Waals surface area (Å²) in [7, 11) is 3.25. The van der Waals surface area contributed by atoms with Crippen LogP contribution in [0.2, 0.25) is 0 Å². The van der Waals surface area contributed by atoms with Gasteiger partial charge in [0.1, 0.15) is 11.7 Å². The van der Waals surface area contributed by atoms with E-state index in [1.54, 1.807) is 14.2 Å². The normalized spacial score (nSPS) is 21.4. The van der Waals surface area contributed by atoms with Crippen molar-refractivity contribution in [2.45, 2.75) is 45.9 Å². The monoisotopic (exact) mass is 545 g/mol. The Bertz CT molecular complexity index is 1440. The summed E-state index contributed by atoms with van der Waals surface area (Å²) in [5.74, 6) is 1.42. The SMILES string of the molecule is COc1ccc(CCN2C(=S)N[C@H]3c4cc(C)ccc4O[C@@]2(C)[C@H]3C(=O)Nc2ccc(C)cc2C)cc1OC. The molecule has 2 N–H and O–H groups in total. The van der Waals surface area contributed by atoms with Gasteiger partial charge < -0.3 is 29.7 Å². The molecular weight excluding hydrogens is 510 g/mol. The molecule has 39 heavy (non-hydrogen) atoms. The highest BCUT2D eigenvalue weighted by atomic mass is 32.1. The minimum absolute atomic E-state index is 0.118. The van der Waals surface area contributed by atoms with Gasteiger partial charge in [0, 0.05) is 17.8 Å². The molecule has 1 saturated heterocycles. The maximum atomic E-state index is 14.1. The number of carbonyl (C=O) groups excluding carboxylic acids is 1. The molecule has 0 saturated carbocycles. The van der Waals surface area contributed by atoms with Gasteiger partial charge in [-0.05, 0) is 81.7 Å². The molecule has 5 rings (SSSR count). The Balaban J connectivity index is 1.49. The van der Waals surface area contributed by atoms with Gasteiger partial charge >= 0.3 is 0 Å². The van der Waals surface area contributed by atoms with E-state index >= 15 is 0 Å². The van der Waals surface area contributed by atoms with Crippen molar-refractivity contribution < 1.29 is 19.0 Å². The number of fused-ring (bicyclic) bond motifs is 4. The molecule has 204 valence electrons. The van der Waals surface area contributed by atoms with Crippen LogP contribution in [0.3, 0.4) is 0 Å². The molecule has 3 aromatic rings. The lowest BCUT2D eigenvalue weighted by molar-refractivity contribution is -0.149. The fraction of sp³-hybridized carbons (Fsp3) is 0.355. The third-order valence-electron chi connectivity index (χ3n) is 7.78. The first-order chi connectivity index (χ1) is 18.6. The van der Waals surface area contributed by atoms with Crippen molar-refractivity contribution in [2.24, 2.45) is 5.92 Å². The summed E-state index contributed by atoms with van der Waals surface area (Å²) in [4.78, 5) is 16.1. The molecule has 0 spiro atoms. The quantitative estimate of drug-likeness (QED) is 0.382. The highest BCUT2D eigenvalue weighted by molar-refractivity contribution is 7.80. The first kappa shape index (κ1) is 26.8. The van der Waals surface area contributed by atoms with E-state index in [2.05, 4.69) is 22.8 Å². The summed E-state index contributed by atoms with van der Waals surface area (Å²) in [6.07, 6.45) is 0.665. The van der Waals surface area contributed by atoms with Crippen molar-refractivity contribution >= 4 is 28.9 Å². The first-order valence-corrected chi connectivity index (χ1v) is 13.5. The molecule has 7 nitrogen and oxygen atoms in total. The Morgan fingerprint density at radius 2 is 1.74 bits per heavy atom. The lowest BCUT2D eigenvalue weighted by Crippen LogP contribution is -2.71. The highest BCUT2D eigenvalue weighted by Crippen LogP contribution is 2.49. The van der Waals surface area contributed by atoms with Gasteiger partial charge in [-0.25, -0.2) is 0 Å². The van der Waals surface area contributed by atoms with Crippen LogP contribution in [0.5, 0.6) is 17.2 Å². The number of rotatable bonds is 7. The van der Waals surface area contributed by atoms with Gasteiger partial charge in [0.05, 0.1) is 20.3 Å². The van der Waals surface area contributed by atoms with Gasteiger partial charge in [0.15, 0.2) is 22.3 Å². The van der Waals surface area contributed by atoms with E-state index in [4.69, 9.17) is 26.4 Å². The Kier molecular flexibility index (Phi) is 7.16. The van der Waals surface area contributed by atoms with Crippen molar-refractivity contribution in [3.05, 3.63) is 82.4 Å². The minimum Gasteiger partial charge on any atom is -0.493 e. The van der Waals surface area contributed by atoms with Crippen LogP contribution in [0, 0.1) is 26.7 Å². The summed E-state index contributed by atoms with van der Waals surface area (Å²) < 4.78 is 17.6. The van der Waals surface area contributed by atoms with Crippen LogP contribution in [0.15, 0.2) is 54.6 Å². The number of ether oxygens (including phenoxy) is 3. The summed E-state index contributed by atoms with van der Waals surface area (Å²) in [5.41, 5.74) is 5.04. The molecule has 3 atom stereocenters. The number of amides is 1. The largest absolute Gasteiger partial charge is 0.493 e. The predicted molar refractivity (Wildman–Crippen MR) is 157 cm³/mol. The second kappa shape index (κ2) is 10.4. The van der Waals surface area contributed by atoms with E-state index in [9.17, 15) is 4.79 Å². The average molecular weight is 546 g/mol. The number of nitrogens with one attached hydrogen (secondary N) is 2. The molecule has 0 unspecified atom stereocenters. The lowest BCUT2D eigenvalue weighted by Gasteiger charge is -2.56. The van der Waals surface area contributed by atoms with Crippen LogP contribution in [-0.2, 0) is 11.2 Å². The molecule has 2 heterocycles. The summed E-state index contributed by atoms with van der Waals surface area (Å²) >= 11 is 5.88. The lowest BCUT2D eigenvalue weighted by atomic mass is 9.78. The number of aryl methyl sites for hydroxylation is 3. The number of hydrogen-bond donors (Lipinski definition) is 2. The van der Waals surface area contributed by atoms with Crippen molar-refractivity contribution in [3.8, 4) is 17.2 Å². The fourth-order valence-electron chi connectivity index (χ4n) is 5.73. The second-order valence-electron chi connectivity index (χ2n) is 10.5. The number of methoxy groups -OCH3 is 2. The van der Waals surface area contributed by atoms with E-state index in [0.29, 0.717) is 29.6 Å². The maximum Gasteiger partial charge on any atom is 0.236 e. The van der Waals surface area contributed by atoms with Crippen molar-refractivity contribution in [1.82, 2.24) is 10.2 Å². The first-order valence-electron chi connectivity index (χ1n) is 13.1. The van der Waals surface area contributed by atoms with Gasteiger partial charge in [0.25, 0.3) is 0 Å². The molecule has 2 bridgehead atoms. The van der Waals surface area contributed by atoms with E-state index in [-0.39, 0.29) is 11.9 Å². The Labute approximate surface area is 235 Å². The number of thiocarbonyl (C=S) groups is 1. The summed E-state index contributed by atoms with van der Waals surface area (Å²) in [5, 5.41) is 7.24. The molecule has 0 radical (unpaired) electrons. The van der Waals surface area contributed by atoms with Gasteiger partial charge in [-0.1, -0.05) is 41.5 Å². The number of nitrogens with zero attached hydrogens (tertiary/aromatic N) is 1. The average Bonchev–Trinajstić information content (AvgIpc) is 2.90. The van der Waals surface area contributed by atoms with E-state index in [0.717, 1.165) is 39.3 Å². The molecule has 1 amide bonds. The van der Waals surface area contributed by atoms with Crippen molar-refractivity contribution in [2.75, 3.05) is 26.1 Å². The predicted octanol–water partition coefficient (Wildman–Crippen LogP) is 5.47. The van der Waals surface area contributed by atoms with E-state index in [1.807, 2.05) is 75.1 Å². The number of anilines is 1. The third-order valence-corrected chi connectivity index (χ3v) is 8.12. The van der Waals surface area contributed by atoms with Crippen LogP contribution in [0.25, 0.3) is 0 Å². The minimum atomic E-state index is -1.01. The molecule has 1 fully saturated rings. The molecule has 0 aliphatic carbocycles. The van der Waals surface area contributed by atoms with Crippen LogP contribution >= 0.6 is 12.2 Å². The summed E-state index contributed by atoms with van der Waals surface area (Å²) in [6.45, 7) is 8.59. The van der Waals surface area contributed by atoms with E-state index in [1.165, 1.54) is 0 Å². The van der Waals surface area contributed by atoms with Crippen LogP contribution in [0.4, 0.5) is 5.69 Å². The Morgan fingerprint density at radius 1 is 1.03 bits per heavy atom. The highest BCUT2D eigenvalue weighted by Gasteiger charge is 2.58. The number of carbonyl (C=O) groups is 1. The van der Waals surface area contributed by atoms with Gasteiger partial charge in [-0.15, -0.1) is 0 Å². The van der Waals surface area contributed by atoms with Crippen molar-refractivity contribution in [1.29, 1.82) is 0 Å². The number of hydrogen-bond acceptors (Lipinski definition) is 5. The van der Waals surface area contributed by atoms with E-state index < -0.39 is 11.6 Å². The van der Waals surface area contributed by atoms with Gasteiger partial charge in [-0.2, -0.15) is 0 Å². The van der Waals surface area contributed by atoms with Crippen LogP contribution in [-0.4, -0.2) is 42.4 Å². The van der Waals surface area contributed by atoms with Crippen LogP contribution < -0.4 is 24.8 Å². The third kappa shape index (κ3) is 4.89.